The van der Waals surface area contributed by atoms with Crippen molar-refractivity contribution < 1.29 is 18.1 Å². The van der Waals surface area contributed by atoms with Gasteiger partial charge >= 0.3 is 0 Å². The molecular weight excluding hydrogens is 417 g/mol. The zero-order valence-electron chi connectivity index (χ0n) is 14.2. The Morgan fingerprint density at radius 3 is 2.48 bits per heavy atom. The summed E-state index contributed by atoms with van der Waals surface area (Å²) in [6.07, 6.45) is 0. The SMILES string of the molecule is Cc1ccc([N+](=O)[O-])cc1NC(=O)C(C)NS(=O)(=O)c1cc(Cl)ccc1Cl. The highest BCUT2D eigenvalue weighted by Crippen LogP contribution is 2.25. The Bertz CT molecular complexity index is 1010. The van der Waals surface area contributed by atoms with Crippen LogP contribution in [0.5, 0.6) is 0 Å². The molecule has 2 aromatic carbocycles. The number of carbonyl (C=O) groups excluding carboxylic acids is 1. The number of benzene rings is 2. The van der Waals surface area contributed by atoms with Gasteiger partial charge in [0.05, 0.1) is 21.7 Å². The summed E-state index contributed by atoms with van der Waals surface area (Å²) in [5.74, 6) is -0.694. The summed E-state index contributed by atoms with van der Waals surface area (Å²) in [5.41, 5.74) is 0.595. The van der Waals surface area contributed by atoms with Gasteiger partial charge in [0.25, 0.3) is 5.69 Å². The molecule has 144 valence electrons. The van der Waals surface area contributed by atoms with E-state index in [1.54, 1.807) is 6.92 Å². The molecule has 0 radical (unpaired) electrons. The van der Waals surface area contributed by atoms with Crippen molar-refractivity contribution in [3.63, 3.8) is 0 Å². The quantitative estimate of drug-likeness (QED) is 0.535. The molecule has 0 saturated carbocycles. The predicted molar refractivity (Wildman–Crippen MR) is 103 cm³/mol. The molecule has 2 rings (SSSR count). The van der Waals surface area contributed by atoms with Crippen LogP contribution in [0.15, 0.2) is 41.3 Å². The van der Waals surface area contributed by atoms with Crippen LogP contribution in [0.1, 0.15) is 12.5 Å². The maximum atomic E-state index is 12.5. The molecule has 11 heteroatoms. The van der Waals surface area contributed by atoms with Crippen molar-refractivity contribution in [2.75, 3.05) is 5.32 Å². The van der Waals surface area contributed by atoms with E-state index in [1.807, 2.05) is 0 Å². The van der Waals surface area contributed by atoms with Crippen molar-refractivity contribution in [2.45, 2.75) is 24.8 Å². The Balaban J connectivity index is 2.19. The van der Waals surface area contributed by atoms with Gasteiger partial charge in [-0.15, -0.1) is 0 Å². The molecule has 2 N–H and O–H groups in total. The van der Waals surface area contributed by atoms with Crippen molar-refractivity contribution in [1.29, 1.82) is 0 Å². The monoisotopic (exact) mass is 431 g/mol. The van der Waals surface area contributed by atoms with Crippen LogP contribution in [-0.2, 0) is 14.8 Å². The molecular formula is C16H15Cl2N3O5S. The summed E-state index contributed by atoms with van der Waals surface area (Å²) >= 11 is 11.7. The second-order valence-electron chi connectivity index (χ2n) is 5.66. The number of halogens is 2. The number of nitrogens with one attached hydrogen (secondary N) is 2. The van der Waals surface area contributed by atoms with Crippen LogP contribution < -0.4 is 10.0 Å². The fourth-order valence-corrected chi connectivity index (χ4v) is 4.10. The predicted octanol–water partition coefficient (Wildman–Crippen LogP) is 3.52. The standard InChI is InChI=1S/C16H15Cl2N3O5S/c1-9-3-5-12(21(23)24)8-14(9)19-16(22)10(2)20-27(25,26)15-7-11(17)4-6-13(15)18/h3-8,10,20H,1-2H3,(H,19,22). The number of hydrogen-bond acceptors (Lipinski definition) is 5. The Hall–Kier alpha value is -2.20. The van der Waals surface area contributed by atoms with Crippen LogP contribution >= 0.6 is 23.2 Å². The van der Waals surface area contributed by atoms with Gasteiger partial charge in [-0.05, 0) is 37.6 Å². The van der Waals surface area contributed by atoms with E-state index in [0.29, 0.717) is 5.56 Å². The molecule has 0 aromatic heterocycles. The van der Waals surface area contributed by atoms with Crippen molar-refractivity contribution in [1.82, 2.24) is 4.72 Å². The van der Waals surface area contributed by atoms with Crippen molar-refractivity contribution in [3.8, 4) is 0 Å². The number of sulfonamides is 1. The Labute approximate surface area is 165 Å². The van der Waals surface area contributed by atoms with E-state index in [0.717, 1.165) is 0 Å². The summed E-state index contributed by atoms with van der Waals surface area (Å²) in [7, 11) is -4.12. The number of nitro benzene ring substituents is 1. The summed E-state index contributed by atoms with van der Waals surface area (Å²) in [4.78, 5) is 22.3. The maximum absolute atomic E-state index is 12.5. The van der Waals surface area contributed by atoms with Crippen LogP contribution in [0.3, 0.4) is 0 Å². The summed E-state index contributed by atoms with van der Waals surface area (Å²) < 4.78 is 27.1. The molecule has 0 spiro atoms. The van der Waals surface area contributed by atoms with Gasteiger partial charge in [0.15, 0.2) is 0 Å². The number of aryl methyl sites for hydroxylation is 1. The number of carbonyl (C=O) groups is 1. The molecule has 2 aromatic rings. The maximum Gasteiger partial charge on any atom is 0.271 e. The lowest BCUT2D eigenvalue weighted by atomic mass is 10.1. The first-order chi connectivity index (χ1) is 12.5. The summed E-state index contributed by atoms with van der Waals surface area (Å²) in [6.45, 7) is 2.98. The van der Waals surface area contributed by atoms with Crippen LogP contribution in [-0.4, -0.2) is 25.3 Å². The second kappa shape index (κ2) is 8.22. The minimum Gasteiger partial charge on any atom is -0.324 e. The van der Waals surface area contributed by atoms with Gasteiger partial charge in [-0.1, -0.05) is 29.3 Å². The molecule has 1 amide bonds. The van der Waals surface area contributed by atoms with E-state index in [4.69, 9.17) is 23.2 Å². The van der Waals surface area contributed by atoms with Crippen molar-refractivity contribution in [2.24, 2.45) is 0 Å². The van der Waals surface area contributed by atoms with E-state index in [9.17, 15) is 23.3 Å². The Morgan fingerprint density at radius 1 is 1.19 bits per heavy atom. The van der Waals surface area contributed by atoms with Gasteiger partial charge in [0, 0.05) is 17.2 Å². The third-order valence-corrected chi connectivity index (χ3v) is 5.86. The minimum atomic E-state index is -4.12. The topological polar surface area (TPSA) is 118 Å². The fourth-order valence-electron chi connectivity index (χ4n) is 2.13. The van der Waals surface area contributed by atoms with Crippen molar-refractivity contribution >= 4 is 50.5 Å². The molecule has 27 heavy (non-hydrogen) atoms. The van der Waals surface area contributed by atoms with Crippen LogP contribution in [0, 0.1) is 17.0 Å². The van der Waals surface area contributed by atoms with E-state index in [-0.39, 0.29) is 26.3 Å². The number of non-ortho nitro benzene ring substituents is 1. The van der Waals surface area contributed by atoms with Gasteiger partial charge in [0.1, 0.15) is 4.90 Å². The van der Waals surface area contributed by atoms with Crippen LogP contribution in [0.2, 0.25) is 10.0 Å². The number of rotatable bonds is 6. The van der Waals surface area contributed by atoms with Gasteiger partial charge in [-0.3, -0.25) is 14.9 Å². The van der Waals surface area contributed by atoms with E-state index in [2.05, 4.69) is 10.0 Å². The smallest absolute Gasteiger partial charge is 0.271 e. The molecule has 0 fully saturated rings. The van der Waals surface area contributed by atoms with Gasteiger partial charge in [-0.2, -0.15) is 4.72 Å². The molecule has 0 aliphatic heterocycles. The summed E-state index contributed by atoms with van der Waals surface area (Å²) in [5, 5.41) is 13.5. The molecule has 0 heterocycles. The highest BCUT2D eigenvalue weighted by molar-refractivity contribution is 7.89. The third kappa shape index (κ3) is 5.16. The zero-order chi connectivity index (χ0) is 20.4. The lowest BCUT2D eigenvalue weighted by Crippen LogP contribution is -2.41. The number of hydrogen-bond donors (Lipinski definition) is 2. The van der Waals surface area contributed by atoms with E-state index in [1.165, 1.54) is 43.3 Å². The second-order valence-corrected chi connectivity index (χ2v) is 8.19. The molecule has 1 atom stereocenters. The highest BCUT2D eigenvalue weighted by Gasteiger charge is 2.25. The van der Waals surface area contributed by atoms with Crippen LogP contribution in [0.4, 0.5) is 11.4 Å². The number of anilines is 1. The Kier molecular flexibility index (Phi) is 6.42. The lowest BCUT2D eigenvalue weighted by Gasteiger charge is -2.16. The number of amides is 1. The first-order valence-electron chi connectivity index (χ1n) is 7.54. The average molecular weight is 432 g/mol. The Morgan fingerprint density at radius 2 is 1.85 bits per heavy atom. The van der Waals surface area contributed by atoms with Gasteiger partial charge < -0.3 is 5.32 Å². The first kappa shape index (κ1) is 21.1. The molecule has 0 bridgehead atoms. The fraction of sp³-hybridized carbons (Fsp3) is 0.188. The van der Waals surface area contributed by atoms with Gasteiger partial charge in [0.2, 0.25) is 15.9 Å². The zero-order valence-corrected chi connectivity index (χ0v) is 16.5. The van der Waals surface area contributed by atoms with Gasteiger partial charge in [-0.25, -0.2) is 8.42 Å². The first-order valence-corrected chi connectivity index (χ1v) is 9.78. The minimum absolute atomic E-state index is 0.0472. The average Bonchev–Trinajstić information content (AvgIpc) is 2.58. The van der Waals surface area contributed by atoms with Crippen LogP contribution in [0.25, 0.3) is 0 Å². The normalized spacial score (nSPS) is 12.4. The molecule has 0 saturated heterocycles. The summed E-state index contributed by atoms with van der Waals surface area (Å²) in [6, 6.07) is 6.74. The number of nitrogens with zero attached hydrogens (tertiary/aromatic N) is 1. The molecule has 0 aliphatic carbocycles. The van der Waals surface area contributed by atoms with E-state index >= 15 is 0 Å². The highest BCUT2D eigenvalue weighted by atomic mass is 35.5. The molecule has 8 nitrogen and oxygen atoms in total. The van der Waals surface area contributed by atoms with Crippen molar-refractivity contribution in [3.05, 3.63) is 62.1 Å². The van der Waals surface area contributed by atoms with E-state index < -0.39 is 26.9 Å². The molecule has 1 unspecified atom stereocenters. The number of nitro groups is 1. The molecule has 0 aliphatic rings. The third-order valence-electron chi connectivity index (χ3n) is 3.60. The lowest BCUT2D eigenvalue weighted by molar-refractivity contribution is -0.384. The largest absolute Gasteiger partial charge is 0.324 e.